The molecule has 0 saturated heterocycles. The van der Waals surface area contributed by atoms with Crippen molar-refractivity contribution in [2.45, 2.75) is 38.2 Å². The van der Waals surface area contributed by atoms with Crippen LogP contribution in [0, 0.1) is 0 Å². The first-order chi connectivity index (χ1) is 9.83. The van der Waals surface area contributed by atoms with Crippen LogP contribution in [-0.2, 0) is 4.84 Å². The van der Waals surface area contributed by atoms with Crippen molar-refractivity contribution in [2.75, 3.05) is 13.2 Å². The van der Waals surface area contributed by atoms with Gasteiger partial charge in [0.1, 0.15) is 0 Å². The minimum absolute atomic E-state index is 0.152. The van der Waals surface area contributed by atoms with Crippen molar-refractivity contribution < 1.29 is 19.1 Å². The zero-order valence-corrected chi connectivity index (χ0v) is 11.4. The van der Waals surface area contributed by atoms with E-state index >= 15 is 0 Å². The summed E-state index contributed by atoms with van der Waals surface area (Å²) < 4.78 is 11.1. The maximum absolute atomic E-state index is 12.0. The van der Waals surface area contributed by atoms with E-state index in [1.807, 2.05) is 0 Å². The van der Waals surface area contributed by atoms with Crippen LogP contribution < -0.4 is 15.0 Å². The van der Waals surface area contributed by atoms with E-state index in [1.165, 1.54) is 12.8 Å². The van der Waals surface area contributed by atoms with E-state index in [4.69, 9.17) is 14.3 Å². The Morgan fingerprint density at radius 3 is 2.65 bits per heavy atom. The molecule has 1 saturated carbocycles. The maximum Gasteiger partial charge on any atom is 0.274 e. The molecule has 1 N–H and O–H groups in total. The Morgan fingerprint density at radius 1 is 1.10 bits per heavy atom. The number of rotatable bonds is 3. The Bertz CT molecular complexity index is 483. The molecule has 0 aromatic heterocycles. The number of carbonyl (C=O) groups excluding carboxylic acids is 1. The van der Waals surface area contributed by atoms with Gasteiger partial charge in [0, 0.05) is 12.0 Å². The number of hydrogen-bond donors (Lipinski definition) is 1. The molecule has 1 aromatic rings. The molecule has 1 aromatic carbocycles. The van der Waals surface area contributed by atoms with Crippen LogP contribution in [0.3, 0.4) is 0 Å². The van der Waals surface area contributed by atoms with E-state index in [2.05, 4.69) is 5.48 Å². The van der Waals surface area contributed by atoms with Crippen LogP contribution in [0.4, 0.5) is 0 Å². The SMILES string of the molecule is O=C(NOC1CCCC1)c1ccc2c(c1)OCCCO2. The molecule has 20 heavy (non-hydrogen) atoms. The average molecular weight is 277 g/mol. The zero-order valence-electron chi connectivity index (χ0n) is 11.4. The van der Waals surface area contributed by atoms with Crippen LogP contribution >= 0.6 is 0 Å². The Balaban J connectivity index is 1.63. The Labute approximate surface area is 118 Å². The molecule has 0 radical (unpaired) electrons. The second kappa shape index (κ2) is 6.13. The van der Waals surface area contributed by atoms with Gasteiger partial charge in [-0.05, 0) is 31.0 Å². The number of ether oxygens (including phenoxy) is 2. The second-order valence-electron chi connectivity index (χ2n) is 5.17. The lowest BCUT2D eigenvalue weighted by Crippen LogP contribution is -2.28. The lowest BCUT2D eigenvalue weighted by atomic mass is 10.2. The van der Waals surface area contributed by atoms with Gasteiger partial charge in [-0.1, -0.05) is 12.8 Å². The second-order valence-corrected chi connectivity index (χ2v) is 5.17. The number of fused-ring (bicyclic) bond motifs is 1. The van der Waals surface area contributed by atoms with Crippen molar-refractivity contribution in [3.8, 4) is 11.5 Å². The molecule has 5 nitrogen and oxygen atoms in total. The number of amides is 1. The molecule has 1 aliphatic carbocycles. The van der Waals surface area contributed by atoms with Gasteiger partial charge in [0.25, 0.3) is 5.91 Å². The van der Waals surface area contributed by atoms with Crippen LogP contribution in [0.15, 0.2) is 18.2 Å². The number of hydroxylamine groups is 1. The lowest BCUT2D eigenvalue weighted by Gasteiger charge is -2.12. The molecule has 1 heterocycles. The first-order valence-electron chi connectivity index (χ1n) is 7.18. The highest BCUT2D eigenvalue weighted by Gasteiger charge is 2.18. The lowest BCUT2D eigenvalue weighted by molar-refractivity contribution is -0.0125. The summed E-state index contributed by atoms with van der Waals surface area (Å²) in [6.07, 6.45) is 5.37. The van der Waals surface area contributed by atoms with Crippen molar-refractivity contribution in [1.82, 2.24) is 5.48 Å². The molecular formula is C15H19NO4. The molecule has 108 valence electrons. The van der Waals surface area contributed by atoms with Gasteiger partial charge in [-0.15, -0.1) is 0 Å². The fraction of sp³-hybridized carbons (Fsp3) is 0.533. The van der Waals surface area contributed by atoms with Gasteiger partial charge in [-0.25, -0.2) is 5.48 Å². The average Bonchev–Trinajstić information content (AvgIpc) is 2.88. The van der Waals surface area contributed by atoms with E-state index in [-0.39, 0.29) is 12.0 Å². The van der Waals surface area contributed by atoms with E-state index in [0.717, 1.165) is 19.3 Å². The van der Waals surface area contributed by atoms with Gasteiger partial charge >= 0.3 is 0 Å². The van der Waals surface area contributed by atoms with Crippen LogP contribution in [0.25, 0.3) is 0 Å². The fourth-order valence-corrected chi connectivity index (χ4v) is 2.51. The smallest absolute Gasteiger partial charge is 0.274 e. The molecule has 3 rings (SSSR count). The van der Waals surface area contributed by atoms with Crippen LogP contribution in [0.2, 0.25) is 0 Å². The van der Waals surface area contributed by atoms with E-state index in [0.29, 0.717) is 30.3 Å². The van der Waals surface area contributed by atoms with Crippen molar-refractivity contribution >= 4 is 5.91 Å². The first-order valence-corrected chi connectivity index (χ1v) is 7.18. The molecule has 2 aliphatic rings. The summed E-state index contributed by atoms with van der Waals surface area (Å²) >= 11 is 0. The van der Waals surface area contributed by atoms with Crippen molar-refractivity contribution in [2.24, 2.45) is 0 Å². The molecule has 1 amide bonds. The molecule has 0 spiro atoms. The molecule has 1 fully saturated rings. The minimum Gasteiger partial charge on any atom is -0.490 e. The highest BCUT2D eigenvalue weighted by molar-refractivity contribution is 5.94. The summed E-state index contributed by atoms with van der Waals surface area (Å²) in [5, 5.41) is 0. The largest absolute Gasteiger partial charge is 0.490 e. The molecule has 1 aliphatic heterocycles. The standard InChI is InChI=1S/C15H19NO4/c17-15(16-20-12-4-1-2-5-12)11-6-7-13-14(10-11)19-9-3-8-18-13/h6-7,10,12H,1-5,8-9H2,(H,16,17). The summed E-state index contributed by atoms with van der Waals surface area (Å²) in [7, 11) is 0. The molecule has 5 heteroatoms. The number of benzene rings is 1. The predicted molar refractivity (Wildman–Crippen MR) is 72.9 cm³/mol. The van der Waals surface area contributed by atoms with Gasteiger partial charge in [0.2, 0.25) is 0 Å². The summed E-state index contributed by atoms with van der Waals surface area (Å²) in [4.78, 5) is 17.5. The van der Waals surface area contributed by atoms with Gasteiger partial charge < -0.3 is 9.47 Å². The van der Waals surface area contributed by atoms with Gasteiger partial charge in [0.05, 0.1) is 19.3 Å². The zero-order chi connectivity index (χ0) is 13.8. The van der Waals surface area contributed by atoms with Gasteiger partial charge in [-0.2, -0.15) is 0 Å². The molecule has 0 bridgehead atoms. The first kappa shape index (κ1) is 13.2. The van der Waals surface area contributed by atoms with Gasteiger partial charge in [0.15, 0.2) is 11.5 Å². The van der Waals surface area contributed by atoms with Crippen molar-refractivity contribution in [3.05, 3.63) is 23.8 Å². The molecule has 0 unspecified atom stereocenters. The predicted octanol–water partition coefficient (Wildman–Crippen LogP) is 2.45. The van der Waals surface area contributed by atoms with Crippen molar-refractivity contribution in [1.29, 1.82) is 0 Å². The number of carbonyl (C=O) groups is 1. The van der Waals surface area contributed by atoms with Crippen molar-refractivity contribution in [3.63, 3.8) is 0 Å². The maximum atomic E-state index is 12.0. The normalized spacial score (nSPS) is 18.6. The Hall–Kier alpha value is -1.75. The minimum atomic E-state index is -0.243. The highest BCUT2D eigenvalue weighted by atomic mass is 16.7. The monoisotopic (exact) mass is 277 g/mol. The molecular weight excluding hydrogens is 258 g/mol. The van der Waals surface area contributed by atoms with E-state index < -0.39 is 0 Å². The summed E-state index contributed by atoms with van der Waals surface area (Å²) in [5.41, 5.74) is 3.05. The quantitative estimate of drug-likeness (QED) is 0.862. The summed E-state index contributed by atoms with van der Waals surface area (Å²) in [5.74, 6) is 1.07. The number of nitrogens with one attached hydrogen (secondary N) is 1. The summed E-state index contributed by atoms with van der Waals surface area (Å²) in [6, 6.07) is 5.19. The Kier molecular flexibility index (Phi) is 4.06. The fourth-order valence-electron chi connectivity index (χ4n) is 2.51. The Morgan fingerprint density at radius 2 is 1.85 bits per heavy atom. The topological polar surface area (TPSA) is 56.8 Å². The van der Waals surface area contributed by atoms with Crippen LogP contribution in [-0.4, -0.2) is 25.2 Å². The van der Waals surface area contributed by atoms with Crippen LogP contribution in [0.5, 0.6) is 11.5 Å². The third-order valence-electron chi connectivity index (χ3n) is 3.63. The number of hydrogen-bond acceptors (Lipinski definition) is 4. The third kappa shape index (κ3) is 3.04. The third-order valence-corrected chi connectivity index (χ3v) is 3.63. The summed E-state index contributed by atoms with van der Waals surface area (Å²) in [6.45, 7) is 1.25. The van der Waals surface area contributed by atoms with E-state index in [1.54, 1.807) is 18.2 Å². The molecule has 0 atom stereocenters. The van der Waals surface area contributed by atoms with Crippen LogP contribution in [0.1, 0.15) is 42.5 Å². The highest BCUT2D eigenvalue weighted by Crippen LogP contribution is 2.30. The van der Waals surface area contributed by atoms with Gasteiger partial charge in [-0.3, -0.25) is 9.63 Å². The van der Waals surface area contributed by atoms with E-state index in [9.17, 15) is 4.79 Å².